The Bertz CT molecular complexity index is 1100. The third-order valence-electron chi connectivity index (χ3n) is 5.10. The van der Waals surface area contributed by atoms with E-state index in [0.717, 1.165) is 29.5 Å². The molecule has 7 nitrogen and oxygen atoms in total. The number of methoxy groups -OCH3 is 2. The predicted molar refractivity (Wildman–Crippen MR) is 113 cm³/mol. The summed E-state index contributed by atoms with van der Waals surface area (Å²) < 4.78 is 10.4. The summed E-state index contributed by atoms with van der Waals surface area (Å²) in [4.78, 5) is 34.5. The fourth-order valence-electron chi connectivity index (χ4n) is 3.66. The highest BCUT2D eigenvalue weighted by Crippen LogP contribution is 2.33. The van der Waals surface area contributed by atoms with Gasteiger partial charge in [0.1, 0.15) is 22.2 Å². The monoisotopic (exact) mass is 413 g/mol. The van der Waals surface area contributed by atoms with Gasteiger partial charge in [-0.1, -0.05) is 0 Å². The standard InChI is InChI=1S/C21H23N3O4S/c1-27-13-9-12(10-14(11-13)28-2)22-18(25)8-7-17-23-20(26)19-15-5-3-4-6-16(15)29-21(19)24-17/h9-11H,3-8H2,1-2H3,(H,22,25)(H,23,24,26). The molecule has 2 aromatic heterocycles. The lowest BCUT2D eigenvalue weighted by molar-refractivity contribution is -0.116. The summed E-state index contributed by atoms with van der Waals surface area (Å²) in [5, 5.41) is 3.57. The van der Waals surface area contributed by atoms with E-state index < -0.39 is 0 Å². The number of aromatic nitrogens is 2. The molecule has 0 aliphatic heterocycles. The van der Waals surface area contributed by atoms with Crippen LogP contribution in [0.5, 0.6) is 11.5 Å². The largest absolute Gasteiger partial charge is 0.497 e. The number of nitrogens with zero attached hydrogens (tertiary/aromatic N) is 1. The maximum Gasteiger partial charge on any atom is 0.259 e. The van der Waals surface area contributed by atoms with E-state index in [1.54, 1.807) is 43.8 Å². The lowest BCUT2D eigenvalue weighted by Crippen LogP contribution is -2.16. The first-order valence-corrected chi connectivity index (χ1v) is 10.5. The quantitative estimate of drug-likeness (QED) is 0.646. The predicted octanol–water partition coefficient (Wildman–Crippen LogP) is 3.45. The molecule has 2 heterocycles. The maximum absolute atomic E-state index is 12.6. The number of nitrogens with one attached hydrogen (secondary N) is 2. The number of ether oxygens (including phenoxy) is 2. The smallest absolute Gasteiger partial charge is 0.259 e. The highest BCUT2D eigenvalue weighted by molar-refractivity contribution is 7.18. The van der Waals surface area contributed by atoms with Crippen LogP contribution in [0, 0.1) is 0 Å². The first-order chi connectivity index (χ1) is 14.1. The number of rotatable bonds is 6. The molecule has 0 bridgehead atoms. The van der Waals surface area contributed by atoms with Crippen LogP contribution in [0.1, 0.15) is 35.5 Å². The van der Waals surface area contributed by atoms with E-state index in [2.05, 4.69) is 15.3 Å². The van der Waals surface area contributed by atoms with E-state index in [1.807, 2.05) is 0 Å². The molecular formula is C21H23N3O4S. The summed E-state index contributed by atoms with van der Waals surface area (Å²) in [6, 6.07) is 5.19. The zero-order valence-electron chi connectivity index (χ0n) is 16.5. The molecule has 1 aliphatic rings. The van der Waals surface area contributed by atoms with Gasteiger partial charge < -0.3 is 19.8 Å². The van der Waals surface area contributed by atoms with Gasteiger partial charge in [0.05, 0.1) is 19.6 Å². The summed E-state index contributed by atoms with van der Waals surface area (Å²) >= 11 is 1.61. The van der Waals surface area contributed by atoms with Gasteiger partial charge in [0.15, 0.2) is 0 Å². The van der Waals surface area contributed by atoms with Crippen molar-refractivity contribution in [1.29, 1.82) is 0 Å². The van der Waals surface area contributed by atoms with Gasteiger partial charge in [-0.05, 0) is 31.2 Å². The van der Waals surface area contributed by atoms with Crippen LogP contribution in [-0.2, 0) is 24.1 Å². The molecule has 4 rings (SSSR count). The van der Waals surface area contributed by atoms with Gasteiger partial charge >= 0.3 is 0 Å². The maximum atomic E-state index is 12.6. The second kappa shape index (κ2) is 8.24. The summed E-state index contributed by atoms with van der Waals surface area (Å²) in [5.41, 5.74) is 1.66. The van der Waals surface area contributed by atoms with Crippen LogP contribution in [0.4, 0.5) is 5.69 Å². The third-order valence-corrected chi connectivity index (χ3v) is 6.28. The first kappa shape index (κ1) is 19.4. The highest BCUT2D eigenvalue weighted by Gasteiger charge is 2.20. The molecule has 0 saturated carbocycles. The minimum atomic E-state index is -0.173. The average Bonchev–Trinajstić information content (AvgIpc) is 3.10. The van der Waals surface area contributed by atoms with Gasteiger partial charge in [0.2, 0.25) is 5.91 Å². The Labute approximate surface area is 172 Å². The molecule has 0 atom stereocenters. The number of carbonyl (C=O) groups excluding carboxylic acids is 1. The van der Waals surface area contributed by atoms with Crippen molar-refractivity contribution >= 4 is 33.1 Å². The van der Waals surface area contributed by atoms with Gasteiger partial charge in [-0.25, -0.2) is 4.98 Å². The second-order valence-corrected chi connectivity index (χ2v) is 8.14. The number of carbonyl (C=O) groups is 1. The fourth-order valence-corrected chi connectivity index (χ4v) is 4.94. The Kier molecular flexibility index (Phi) is 5.53. The van der Waals surface area contributed by atoms with Gasteiger partial charge in [-0.15, -0.1) is 11.3 Å². The van der Waals surface area contributed by atoms with Gasteiger partial charge in [0, 0.05) is 41.6 Å². The van der Waals surface area contributed by atoms with Crippen LogP contribution in [0.15, 0.2) is 23.0 Å². The van der Waals surface area contributed by atoms with E-state index in [9.17, 15) is 9.59 Å². The van der Waals surface area contributed by atoms with Crippen molar-refractivity contribution in [2.75, 3.05) is 19.5 Å². The molecule has 0 radical (unpaired) electrons. The van der Waals surface area contributed by atoms with E-state index in [-0.39, 0.29) is 17.9 Å². The van der Waals surface area contributed by atoms with Crippen LogP contribution < -0.4 is 20.3 Å². The van der Waals surface area contributed by atoms with Crippen LogP contribution >= 0.6 is 11.3 Å². The molecule has 3 aromatic rings. The Morgan fingerprint density at radius 3 is 2.62 bits per heavy atom. The summed E-state index contributed by atoms with van der Waals surface area (Å²) in [6.07, 6.45) is 4.83. The Morgan fingerprint density at radius 1 is 1.17 bits per heavy atom. The molecule has 152 valence electrons. The Balaban J connectivity index is 1.47. The molecular weight excluding hydrogens is 390 g/mol. The number of H-pyrrole nitrogens is 1. The number of hydrogen-bond donors (Lipinski definition) is 2. The molecule has 8 heteroatoms. The van der Waals surface area contributed by atoms with Crippen molar-refractivity contribution in [3.63, 3.8) is 0 Å². The van der Waals surface area contributed by atoms with Crippen molar-refractivity contribution in [2.45, 2.75) is 38.5 Å². The summed E-state index contributed by atoms with van der Waals surface area (Å²) in [6.45, 7) is 0. The SMILES string of the molecule is COc1cc(NC(=O)CCc2nc3sc4c(c3c(=O)[nH]2)CCCC4)cc(OC)c1. The van der Waals surface area contributed by atoms with Crippen LogP contribution in [0.2, 0.25) is 0 Å². The first-order valence-electron chi connectivity index (χ1n) is 9.63. The number of thiophene rings is 1. The molecule has 1 aliphatic carbocycles. The second-order valence-electron chi connectivity index (χ2n) is 7.05. The molecule has 1 amide bonds. The third kappa shape index (κ3) is 4.12. The van der Waals surface area contributed by atoms with Crippen molar-refractivity contribution in [3.05, 3.63) is 44.8 Å². The van der Waals surface area contributed by atoms with Crippen LogP contribution in [0.25, 0.3) is 10.2 Å². The number of hydrogen-bond acceptors (Lipinski definition) is 6. The zero-order chi connectivity index (χ0) is 20.4. The molecule has 0 saturated heterocycles. The van der Waals surface area contributed by atoms with Gasteiger partial charge in [0.25, 0.3) is 5.56 Å². The fraction of sp³-hybridized carbons (Fsp3) is 0.381. The van der Waals surface area contributed by atoms with Gasteiger partial charge in [-0.3, -0.25) is 9.59 Å². The minimum Gasteiger partial charge on any atom is -0.497 e. The highest BCUT2D eigenvalue weighted by atomic mass is 32.1. The lowest BCUT2D eigenvalue weighted by atomic mass is 9.97. The van der Waals surface area contributed by atoms with E-state index in [0.29, 0.717) is 29.4 Å². The van der Waals surface area contributed by atoms with Crippen molar-refractivity contribution in [1.82, 2.24) is 9.97 Å². The Hall–Kier alpha value is -2.87. The van der Waals surface area contributed by atoms with E-state index in [1.165, 1.54) is 16.9 Å². The normalized spacial score (nSPS) is 13.2. The van der Waals surface area contributed by atoms with Crippen molar-refractivity contribution < 1.29 is 14.3 Å². The molecule has 0 unspecified atom stereocenters. The molecule has 2 N–H and O–H groups in total. The van der Waals surface area contributed by atoms with Crippen LogP contribution in [-0.4, -0.2) is 30.1 Å². The number of fused-ring (bicyclic) bond motifs is 3. The number of aryl methyl sites for hydroxylation is 3. The number of benzene rings is 1. The molecule has 1 aromatic carbocycles. The number of anilines is 1. The zero-order valence-corrected chi connectivity index (χ0v) is 17.3. The van der Waals surface area contributed by atoms with Crippen molar-refractivity contribution in [3.8, 4) is 11.5 Å². The average molecular weight is 413 g/mol. The molecule has 0 fully saturated rings. The molecule has 29 heavy (non-hydrogen) atoms. The topological polar surface area (TPSA) is 93.3 Å². The van der Waals surface area contributed by atoms with Crippen LogP contribution in [0.3, 0.4) is 0 Å². The van der Waals surface area contributed by atoms with Gasteiger partial charge in [-0.2, -0.15) is 0 Å². The summed E-state index contributed by atoms with van der Waals surface area (Å²) in [5.74, 6) is 1.56. The lowest BCUT2D eigenvalue weighted by Gasteiger charge is -2.10. The number of aromatic amines is 1. The number of amides is 1. The van der Waals surface area contributed by atoms with E-state index >= 15 is 0 Å². The van der Waals surface area contributed by atoms with E-state index in [4.69, 9.17) is 9.47 Å². The minimum absolute atomic E-state index is 0.0951. The summed E-state index contributed by atoms with van der Waals surface area (Å²) in [7, 11) is 3.11. The van der Waals surface area contributed by atoms with Crippen molar-refractivity contribution in [2.24, 2.45) is 0 Å². The Morgan fingerprint density at radius 2 is 1.90 bits per heavy atom. The molecule has 0 spiro atoms.